The summed E-state index contributed by atoms with van der Waals surface area (Å²) in [6.07, 6.45) is 2.97. The number of nitrogens with zero attached hydrogens (tertiary/aromatic N) is 1. The van der Waals surface area contributed by atoms with E-state index in [-0.39, 0.29) is 6.61 Å². The van der Waals surface area contributed by atoms with Crippen LogP contribution in [0, 0.1) is 6.92 Å². The molecule has 1 saturated heterocycles. The lowest BCUT2D eigenvalue weighted by molar-refractivity contribution is 0.0747. The molecule has 5 nitrogen and oxygen atoms in total. The van der Waals surface area contributed by atoms with Crippen molar-refractivity contribution in [3.63, 3.8) is 0 Å². The van der Waals surface area contributed by atoms with Crippen LogP contribution in [0.3, 0.4) is 0 Å². The van der Waals surface area contributed by atoms with E-state index in [0.29, 0.717) is 18.0 Å². The molecular weight excluding hydrogens is 364 g/mol. The van der Waals surface area contributed by atoms with Crippen molar-refractivity contribution >= 4 is 0 Å². The first-order chi connectivity index (χ1) is 14.1. The molecule has 2 aromatic rings. The number of aryl methyl sites for hydroxylation is 1. The van der Waals surface area contributed by atoms with Gasteiger partial charge in [0.05, 0.1) is 7.11 Å². The van der Waals surface area contributed by atoms with Crippen LogP contribution in [-0.4, -0.2) is 56.0 Å². The predicted molar refractivity (Wildman–Crippen MR) is 117 cm³/mol. The maximum atomic E-state index is 10.2. The van der Waals surface area contributed by atoms with Crippen LogP contribution in [-0.2, 0) is 13.0 Å². The molecule has 1 atom stereocenters. The molecule has 0 spiro atoms. The number of ether oxygens (including phenoxy) is 2. The molecule has 1 aliphatic rings. The average Bonchev–Trinajstić information content (AvgIpc) is 3.24. The summed E-state index contributed by atoms with van der Waals surface area (Å²) in [5.41, 5.74) is 3.78. The first kappa shape index (κ1) is 21.6. The quantitative estimate of drug-likeness (QED) is 0.570. The molecule has 2 aromatic carbocycles. The third-order valence-electron chi connectivity index (χ3n) is 5.37. The number of β-amino-alcohol motifs (C(OH)–C–C–N with tert-alkyl or cyclic N) is 1. The molecule has 158 valence electrons. The van der Waals surface area contributed by atoms with Crippen LogP contribution in [0.25, 0.3) is 0 Å². The van der Waals surface area contributed by atoms with E-state index in [0.717, 1.165) is 38.2 Å². The Hall–Kier alpha value is -2.08. The SMILES string of the molecule is COc1cc(CNCCc2ccc(C)cc2)ccc1OCC(O)CN1CCCC1. The zero-order valence-corrected chi connectivity index (χ0v) is 17.7. The van der Waals surface area contributed by atoms with Gasteiger partial charge in [-0.05, 0) is 69.1 Å². The van der Waals surface area contributed by atoms with E-state index in [1.54, 1.807) is 7.11 Å². The number of hydrogen-bond donors (Lipinski definition) is 2. The Morgan fingerprint density at radius 3 is 2.48 bits per heavy atom. The normalized spacial score (nSPS) is 15.4. The molecule has 0 aromatic heterocycles. The van der Waals surface area contributed by atoms with Crippen LogP contribution < -0.4 is 14.8 Å². The van der Waals surface area contributed by atoms with Crippen LogP contribution in [0.5, 0.6) is 11.5 Å². The van der Waals surface area contributed by atoms with Crippen molar-refractivity contribution in [2.75, 3.05) is 39.9 Å². The first-order valence-electron chi connectivity index (χ1n) is 10.6. The fourth-order valence-corrected chi connectivity index (χ4v) is 3.66. The lowest BCUT2D eigenvalue weighted by atomic mass is 10.1. The van der Waals surface area contributed by atoms with Gasteiger partial charge in [0.15, 0.2) is 11.5 Å². The number of benzene rings is 2. The third kappa shape index (κ3) is 7.03. The zero-order valence-electron chi connectivity index (χ0n) is 17.7. The molecule has 0 radical (unpaired) electrons. The molecule has 5 heteroatoms. The molecule has 29 heavy (non-hydrogen) atoms. The number of rotatable bonds is 11. The summed E-state index contributed by atoms with van der Waals surface area (Å²) in [5, 5.41) is 13.7. The minimum atomic E-state index is -0.485. The number of methoxy groups -OCH3 is 1. The Morgan fingerprint density at radius 1 is 1.03 bits per heavy atom. The lowest BCUT2D eigenvalue weighted by Gasteiger charge is -2.20. The fraction of sp³-hybridized carbons (Fsp3) is 0.500. The van der Waals surface area contributed by atoms with Crippen molar-refractivity contribution in [3.05, 3.63) is 59.2 Å². The maximum absolute atomic E-state index is 10.2. The van der Waals surface area contributed by atoms with E-state index >= 15 is 0 Å². The molecular formula is C24H34N2O3. The van der Waals surface area contributed by atoms with Gasteiger partial charge in [-0.2, -0.15) is 0 Å². The summed E-state index contributed by atoms with van der Waals surface area (Å²) in [7, 11) is 1.65. The summed E-state index contributed by atoms with van der Waals surface area (Å²) in [5.74, 6) is 1.38. The monoisotopic (exact) mass is 398 g/mol. The molecule has 1 fully saturated rings. The summed E-state index contributed by atoms with van der Waals surface area (Å²) >= 11 is 0. The Kier molecular flexibility index (Phi) is 8.35. The van der Waals surface area contributed by atoms with E-state index in [1.165, 1.54) is 24.0 Å². The largest absolute Gasteiger partial charge is 0.493 e. The molecule has 0 aliphatic carbocycles. The van der Waals surface area contributed by atoms with Crippen LogP contribution in [0.15, 0.2) is 42.5 Å². The van der Waals surface area contributed by atoms with Crippen molar-refractivity contribution in [1.29, 1.82) is 0 Å². The van der Waals surface area contributed by atoms with Crippen molar-refractivity contribution in [2.45, 2.75) is 38.8 Å². The van der Waals surface area contributed by atoms with Gasteiger partial charge in [-0.1, -0.05) is 35.9 Å². The second-order valence-corrected chi connectivity index (χ2v) is 7.87. The van der Waals surface area contributed by atoms with E-state index in [4.69, 9.17) is 9.47 Å². The highest BCUT2D eigenvalue weighted by molar-refractivity contribution is 5.43. The van der Waals surface area contributed by atoms with Gasteiger partial charge in [0.2, 0.25) is 0 Å². The Balaban J connectivity index is 1.43. The topological polar surface area (TPSA) is 54.0 Å². The summed E-state index contributed by atoms with van der Waals surface area (Å²) in [6.45, 7) is 6.91. The van der Waals surface area contributed by atoms with E-state index in [1.807, 2.05) is 18.2 Å². The van der Waals surface area contributed by atoms with Gasteiger partial charge >= 0.3 is 0 Å². The van der Waals surface area contributed by atoms with E-state index in [9.17, 15) is 5.11 Å². The number of likely N-dealkylation sites (tertiary alicyclic amines) is 1. The van der Waals surface area contributed by atoms with E-state index in [2.05, 4.69) is 41.4 Å². The zero-order chi connectivity index (χ0) is 20.5. The van der Waals surface area contributed by atoms with Gasteiger partial charge in [-0.3, -0.25) is 0 Å². The average molecular weight is 399 g/mol. The predicted octanol–water partition coefficient (Wildman–Crippen LogP) is 3.17. The Bertz CT molecular complexity index is 742. The molecule has 3 rings (SSSR count). The Morgan fingerprint density at radius 2 is 1.76 bits per heavy atom. The van der Waals surface area contributed by atoms with Crippen molar-refractivity contribution < 1.29 is 14.6 Å². The fourth-order valence-electron chi connectivity index (χ4n) is 3.66. The summed E-state index contributed by atoms with van der Waals surface area (Å²) < 4.78 is 11.3. The number of aliphatic hydroxyl groups excluding tert-OH is 1. The lowest BCUT2D eigenvalue weighted by Crippen LogP contribution is -2.33. The van der Waals surface area contributed by atoms with Crippen LogP contribution in [0.1, 0.15) is 29.5 Å². The number of hydrogen-bond acceptors (Lipinski definition) is 5. The minimum Gasteiger partial charge on any atom is -0.493 e. The van der Waals surface area contributed by atoms with Gasteiger partial charge < -0.3 is 24.8 Å². The van der Waals surface area contributed by atoms with Crippen molar-refractivity contribution in [3.8, 4) is 11.5 Å². The van der Waals surface area contributed by atoms with Gasteiger partial charge in [-0.15, -0.1) is 0 Å². The second-order valence-electron chi connectivity index (χ2n) is 7.87. The van der Waals surface area contributed by atoms with Gasteiger partial charge in [0.25, 0.3) is 0 Å². The van der Waals surface area contributed by atoms with Crippen LogP contribution in [0.4, 0.5) is 0 Å². The third-order valence-corrected chi connectivity index (χ3v) is 5.37. The van der Waals surface area contributed by atoms with Gasteiger partial charge in [0.1, 0.15) is 12.7 Å². The first-order valence-corrected chi connectivity index (χ1v) is 10.6. The standard InChI is InChI=1S/C24H34N2O3/c1-19-5-7-20(8-6-19)11-12-25-16-21-9-10-23(24(15-21)28-2)29-18-22(27)17-26-13-3-4-14-26/h5-10,15,22,25,27H,3-4,11-14,16-18H2,1-2H3. The number of nitrogens with one attached hydrogen (secondary N) is 1. The maximum Gasteiger partial charge on any atom is 0.161 e. The summed E-state index contributed by atoms with van der Waals surface area (Å²) in [4.78, 5) is 2.29. The second kappa shape index (κ2) is 11.2. The molecule has 1 aliphatic heterocycles. The molecule has 0 amide bonds. The van der Waals surface area contributed by atoms with Crippen molar-refractivity contribution in [2.24, 2.45) is 0 Å². The van der Waals surface area contributed by atoms with E-state index < -0.39 is 6.10 Å². The molecule has 1 unspecified atom stereocenters. The highest BCUT2D eigenvalue weighted by Gasteiger charge is 2.17. The van der Waals surface area contributed by atoms with Gasteiger partial charge in [0, 0.05) is 13.1 Å². The molecule has 0 bridgehead atoms. The van der Waals surface area contributed by atoms with Crippen LogP contribution in [0.2, 0.25) is 0 Å². The highest BCUT2D eigenvalue weighted by atomic mass is 16.5. The molecule has 2 N–H and O–H groups in total. The van der Waals surface area contributed by atoms with Gasteiger partial charge in [-0.25, -0.2) is 0 Å². The highest BCUT2D eigenvalue weighted by Crippen LogP contribution is 2.28. The number of aliphatic hydroxyl groups is 1. The molecule has 1 heterocycles. The van der Waals surface area contributed by atoms with Crippen LogP contribution >= 0.6 is 0 Å². The smallest absolute Gasteiger partial charge is 0.161 e. The minimum absolute atomic E-state index is 0.279. The van der Waals surface area contributed by atoms with Crippen molar-refractivity contribution in [1.82, 2.24) is 10.2 Å². The molecule has 0 saturated carbocycles. The Labute approximate surface area is 174 Å². The summed E-state index contributed by atoms with van der Waals surface area (Å²) in [6, 6.07) is 14.7.